The van der Waals surface area contributed by atoms with Crippen LogP contribution < -0.4 is 16.4 Å². The van der Waals surface area contributed by atoms with Crippen LogP contribution in [0.3, 0.4) is 0 Å². The first-order valence-corrected chi connectivity index (χ1v) is 10.1. The lowest BCUT2D eigenvalue weighted by Crippen LogP contribution is -2.53. The Labute approximate surface area is 152 Å². The molecule has 1 aliphatic rings. The van der Waals surface area contributed by atoms with Gasteiger partial charge in [-0.05, 0) is 22.0 Å². The average Bonchev–Trinajstić information content (AvgIpc) is 3.09. The van der Waals surface area contributed by atoms with Crippen molar-refractivity contribution in [3.63, 3.8) is 0 Å². The Kier molecular flexibility index (Phi) is 4.50. The van der Waals surface area contributed by atoms with Gasteiger partial charge in [-0.2, -0.15) is 5.10 Å². The summed E-state index contributed by atoms with van der Waals surface area (Å²) >= 11 is 3.32. The maximum absolute atomic E-state index is 13.5. The van der Waals surface area contributed by atoms with Crippen LogP contribution in [0.4, 0.5) is 10.1 Å². The molecule has 0 unspecified atom stereocenters. The van der Waals surface area contributed by atoms with Crippen molar-refractivity contribution >= 4 is 42.9 Å². The highest BCUT2D eigenvalue weighted by molar-refractivity contribution is 9.10. The molecule has 1 saturated heterocycles. The first-order chi connectivity index (χ1) is 11.7. The Morgan fingerprint density at radius 1 is 1.64 bits per heavy atom. The van der Waals surface area contributed by atoms with E-state index in [2.05, 4.69) is 31.7 Å². The molecule has 136 valence electrons. The number of halogens is 2. The summed E-state index contributed by atoms with van der Waals surface area (Å²) < 4.78 is 40.8. The molecule has 1 fully saturated rings. The monoisotopic (exact) mass is 433 g/mol. The minimum Gasteiger partial charge on any atom is -0.365 e. The molecule has 1 aliphatic heterocycles. The smallest absolute Gasteiger partial charge is 0.252 e. The molecule has 1 amide bonds. The van der Waals surface area contributed by atoms with Gasteiger partial charge in [-0.25, -0.2) is 12.9 Å². The van der Waals surface area contributed by atoms with Crippen LogP contribution in [0.1, 0.15) is 10.4 Å². The number of sulfone groups is 1. The summed E-state index contributed by atoms with van der Waals surface area (Å²) in [6.45, 7) is -0.616. The van der Waals surface area contributed by atoms with Crippen molar-refractivity contribution in [2.45, 2.75) is 4.87 Å². The Morgan fingerprint density at radius 2 is 2.36 bits per heavy atom. The summed E-state index contributed by atoms with van der Waals surface area (Å²) in [6, 6.07) is 1.67. The number of nitrogens with one attached hydrogen (secondary N) is 2. The SMILES string of the molecule is CS(=O)(=O)[C@]1(Nc2c(C(N)=O)cnn3cc(Br)cc23)CNC[C@H]1CF. The molecule has 4 N–H and O–H groups in total. The highest BCUT2D eigenvalue weighted by atomic mass is 79.9. The van der Waals surface area contributed by atoms with E-state index in [4.69, 9.17) is 5.73 Å². The summed E-state index contributed by atoms with van der Waals surface area (Å²) in [6.07, 6.45) is 3.96. The second-order valence-electron chi connectivity index (χ2n) is 6.05. The van der Waals surface area contributed by atoms with Gasteiger partial charge in [-0.3, -0.25) is 9.18 Å². The van der Waals surface area contributed by atoms with Gasteiger partial charge in [0.15, 0.2) is 14.7 Å². The molecule has 3 heterocycles. The fourth-order valence-corrected chi connectivity index (χ4v) is 4.96. The number of carbonyl (C=O) groups excluding carboxylic acids is 1. The molecule has 0 saturated carbocycles. The molecule has 0 bridgehead atoms. The van der Waals surface area contributed by atoms with Crippen LogP contribution in [0, 0.1) is 5.92 Å². The van der Waals surface area contributed by atoms with Gasteiger partial charge in [-0.1, -0.05) is 0 Å². The normalized spacial score (nSPS) is 23.9. The maximum atomic E-state index is 13.5. The largest absolute Gasteiger partial charge is 0.365 e. The van der Waals surface area contributed by atoms with E-state index < -0.39 is 33.2 Å². The predicted molar refractivity (Wildman–Crippen MR) is 94.9 cm³/mol. The van der Waals surface area contributed by atoms with E-state index in [0.29, 0.717) is 9.99 Å². The Balaban J connectivity index is 2.24. The lowest BCUT2D eigenvalue weighted by Gasteiger charge is -2.34. The van der Waals surface area contributed by atoms with E-state index in [1.165, 1.54) is 10.7 Å². The van der Waals surface area contributed by atoms with Crippen LogP contribution in [0.5, 0.6) is 0 Å². The number of aromatic nitrogens is 2. The van der Waals surface area contributed by atoms with Crippen LogP contribution in [-0.4, -0.2) is 54.8 Å². The number of nitrogens with two attached hydrogens (primary N) is 1. The minimum atomic E-state index is -3.74. The minimum absolute atomic E-state index is 0.00891. The van der Waals surface area contributed by atoms with Crippen molar-refractivity contribution in [1.82, 2.24) is 14.9 Å². The van der Waals surface area contributed by atoms with Crippen LogP contribution in [0.15, 0.2) is 22.9 Å². The molecule has 0 aliphatic carbocycles. The second kappa shape index (κ2) is 6.22. The molecule has 2 aromatic rings. The average molecular weight is 434 g/mol. The molecule has 2 aromatic heterocycles. The lowest BCUT2D eigenvalue weighted by atomic mass is 10.0. The van der Waals surface area contributed by atoms with Crippen molar-refractivity contribution in [2.24, 2.45) is 11.7 Å². The molecule has 3 rings (SSSR count). The van der Waals surface area contributed by atoms with E-state index >= 15 is 0 Å². The quantitative estimate of drug-likeness (QED) is 0.632. The second-order valence-corrected chi connectivity index (χ2v) is 9.24. The fourth-order valence-electron chi connectivity index (χ4n) is 3.15. The molecule has 0 radical (unpaired) electrons. The zero-order chi connectivity index (χ0) is 18.4. The third-order valence-corrected chi connectivity index (χ3v) is 6.83. The summed E-state index contributed by atoms with van der Waals surface area (Å²) in [5.41, 5.74) is 6.12. The molecule has 0 spiro atoms. The van der Waals surface area contributed by atoms with Gasteiger partial charge in [0.25, 0.3) is 5.91 Å². The maximum Gasteiger partial charge on any atom is 0.252 e. The zero-order valence-corrected chi connectivity index (χ0v) is 15.7. The number of primary amides is 1. The van der Waals surface area contributed by atoms with Gasteiger partial charge in [0.1, 0.15) is 0 Å². The number of nitrogens with zero attached hydrogens (tertiary/aromatic N) is 2. The number of fused-ring (bicyclic) bond motifs is 1. The zero-order valence-electron chi connectivity index (χ0n) is 13.3. The molecular formula is C14H17BrFN5O3S. The topological polar surface area (TPSA) is 119 Å². The van der Waals surface area contributed by atoms with Gasteiger partial charge >= 0.3 is 0 Å². The van der Waals surface area contributed by atoms with Crippen molar-refractivity contribution in [2.75, 3.05) is 31.3 Å². The molecule has 2 atom stereocenters. The van der Waals surface area contributed by atoms with Gasteiger partial charge in [0.2, 0.25) is 0 Å². The van der Waals surface area contributed by atoms with Gasteiger partial charge < -0.3 is 16.4 Å². The van der Waals surface area contributed by atoms with Gasteiger partial charge in [0, 0.05) is 35.9 Å². The van der Waals surface area contributed by atoms with Crippen molar-refractivity contribution in [3.8, 4) is 0 Å². The van der Waals surface area contributed by atoms with E-state index in [9.17, 15) is 17.6 Å². The highest BCUT2D eigenvalue weighted by Crippen LogP contribution is 2.35. The summed E-state index contributed by atoms with van der Waals surface area (Å²) in [5, 5.41) is 9.93. The molecule has 11 heteroatoms. The first kappa shape index (κ1) is 18.1. The highest BCUT2D eigenvalue weighted by Gasteiger charge is 2.52. The summed E-state index contributed by atoms with van der Waals surface area (Å²) in [4.78, 5) is 10.2. The molecular weight excluding hydrogens is 417 g/mol. The van der Waals surface area contributed by atoms with Crippen LogP contribution in [0.2, 0.25) is 0 Å². The van der Waals surface area contributed by atoms with E-state index in [1.807, 2.05) is 0 Å². The Morgan fingerprint density at radius 3 is 2.96 bits per heavy atom. The molecule has 0 aromatic carbocycles. The lowest BCUT2D eigenvalue weighted by molar-refractivity contribution is 0.100. The first-order valence-electron chi connectivity index (χ1n) is 7.41. The van der Waals surface area contributed by atoms with Crippen LogP contribution in [-0.2, 0) is 9.84 Å². The van der Waals surface area contributed by atoms with Crippen molar-refractivity contribution in [1.29, 1.82) is 0 Å². The number of carbonyl (C=O) groups is 1. The Bertz CT molecular complexity index is 947. The summed E-state index contributed by atoms with van der Waals surface area (Å²) in [7, 11) is -3.74. The number of hydrogen-bond donors (Lipinski definition) is 3. The molecule has 25 heavy (non-hydrogen) atoms. The third-order valence-electron chi connectivity index (χ3n) is 4.49. The fraction of sp³-hybridized carbons (Fsp3) is 0.429. The Hall–Kier alpha value is -1.72. The van der Waals surface area contributed by atoms with Crippen molar-refractivity contribution < 1.29 is 17.6 Å². The summed E-state index contributed by atoms with van der Waals surface area (Å²) in [5.74, 6) is -1.57. The van der Waals surface area contributed by atoms with E-state index in [0.717, 1.165) is 6.26 Å². The van der Waals surface area contributed by atoms with Crippen LogP contribution >= 0.6 is 15.9 Å². The number of alkyl halides is 1. The van der Waals surface area contributed by atoms with Crippen molar-refractivity contribution in [3.05, 3.63) is 28.5 Å². The predicted octanol–water partition coefficient (Wildman–Crippen LogP) is 0.537. The number of amides is 1. The number of hydrogen-bond acceptors (Lipinski definition) is 6. The standard InChI is InChI=1S/C14H17BrFN5O3S/c1-25(23,24)14(7-18-4-8(14)3-16)20-12-10(13(17)22)5-19-21-6-9(15)2-11(12)21/h2,5-6,8,18,20H,3-4,7H2,1H3,(H2,17,22)/t8-,14-/m1/s1. The number of rotatable bonds is 5. The van der Waals surface area contributed by atoms with Gasteiger partial charge in [-0.15, -0.1) is 0 Å². The van der Waals surface area contributed by atoms with Gasteiger partial charge in [0.05, 0.1) is 29.6 Å². The third kappa shape index (κ3) is 2.89. The molecule has 8 nitrogen and oxygen atoms in total. The van der Waals surface area contributed by atoms with E-state index in [1.54, 1.807) is 12.3 Å². The van der Waals surface area contributed by atoms with E-state index in [-0.39, 0.29) is 24.3 Å². The number of anilines is 1. The van der Waals surface area contributed by atoms with Crippen LogP contribution in [0.25, 0.3) is 5.52 Å².